The number of carbonyl (C=O) groups is 1. The summed E-state index contributed by atoms with van der Waals surface area (Å²) in [5.41, 5.74) is 1.99. The second-order valence-electron chi connectivity index (χ2n) is 6.54. The molecule has 2 aromatic rings. The number of rotatable bonds is 8. The van der Waals surface area contributed by atoms with E-state index >= 15 is 0 Å². The summed E-state index contributed by atoms with van der Waals surface area (Å²) in [6.07, 6.45) is 0. The molecule has 1 aliphatic heterocycles. The van der Waals surface area contributed by atoms with Crippen molar-refractivity contribution in [3.05, 3.63) is 59.7 Å². The van der Waals surface area contributed by atoms with Gasteiger partial charge >= 0.3 is 0 Å². The number of benzene rings is 2. The first-order valence-electron chi connectivity index (χ1n) is 9.74. The van der Waals surface area contributed by atoms with Gasteiger partial charge in [0.15, 0.2) is 18.1 Å². The van der Waals surface area contributed by atoms with Gasteiger partial charge in [0, 0.05) is 25.2 Å². The van der Waals surface area contributed by atoms with Crippen molar-refractivity contribution in [2.45, 2.75) is 13.5 Å². The van der Waals surface area contributed by atoms with Gasteiger partial charge < -0.3 is 24.4 Å². The predicted octanol–water partition coefficient (Wildman–Crippen LogP) is 2.79. The summed E-state index contributed by atoms with van der Waals surface area (Å²) >= 11 is 5.52. The smallest absolute Gasteiger partial charge is 0.260 e. The van der Waals surface area contributed by atoms with Gasteiger partial charge in [0.2, 0.25) is 0 Å². The molecular weight excluding hydrogens is 388 g/mol. The van der Waals surface area contributed by atoms with Crippen LogP contribution in [0.25, 0.3) is 0 Å². The molecule has 1 saturated heterocycles. The highest BCUT2D eigenvalue weighted by molar-refractivity contribution is 7.80. The fraction of sp³-hybridized carbons (Fsp3) is 0.364. The van der Waals surface area contributed by atoms with Gasteiger partial charge in [0.05, 0.1) is 19.8 Å². The number of ether oxygens (including phenoxy) is 3. The number of hydrogen-bond acceptors (Lipinski definition) is 5. The summed E-state index contributed by atoms with van der Waals surface area (Å²) < 4.78 is 16.7. The molecule has 0 saturated carbocycles. The lowest BCUT2D eigenvalue weighted by Gasteiger charge is -2.26. The molecule has 3 rings (SSSR count). The molecule has 1 fully saturated rings. The Kier molecular flexibility index (Phi) is 7.84. The zero-order chi connectivity index (χ0) is 20.5. The summed E-state index contributed by atoms with van der Waals surface area (Å²) in [4.78, 5) is 14.7. The molecule has 29 heavy (non-hydrogen) atoms. The Morgan fingerprint density at radius 2 is 1.86 bits per heavy atom. The molecule has 1 amide bonds. The Hall–Kier alpha value is -2.64. The minimum Gasteiger partial charge on any atom is -0.490 e. The molecule has 0 radical (unpaired) electrons. The normalized spacial score (nSPS) is 13.6. The largest absolute Gasteiger partial charge is 0.490 e. The van der Waals surface area contributed by atoms with E-state index in [9.17, 15) is 4.79 Å². The minimum atomic E-state index is -0.0557. The van der Waals surface area contributed by atoms with Crippen molar-refractivity contribution in [1.82, 2.24) is 10.2 Å². The summed E-state index contributed by atoms with van der Waals surface area (Å²) in [6, 6.07) is 15.6. The quantitative estimate of drug-likeness (QED) is 0.671. The zero-order valence-electron chi connectivity index (χ0n) is 16.6. The maximum Gasteiger partial charge on any atom is 0.260 e. The van der Waals surface area contributed by atoms with E-state index < -0.39 is 0 Å². The lowest BCUT2D eigenvalue weighted by atomic mass is 10.2. The van der Waals surface area contributed by atoms with E-state index in [0.717, 1.165) is 11.1 Å². The number of nitrogens with one attached hydrogen (secondary N) is 1. The average molecular weight is 415 g/mol. The Bertz CT molecular complexity index is 823. The number of thiocarbonyl (C=S) groups is 1. The molecule has 1 heterocycles. The summed E-state index contributed by atoms with van der Waals surface area (Å²) in [6.45, 7) is 5.34. The maximum absolute atomic E-state index is 12.3. The third kappa shape index (κ3) is 6.17. The molecule has 0 aromatic heterocycles. The van der Waals surface area contributed by atoms with Crippen LogP contribution in [0.3, 0.4) is 0 Å². The Balaban J connectivity index is 1.61. The van der Waals surface area contributed by atoms with Crippen LogP contribution in [0.4, 0.5) is 0 Å². The van der Waals surface area contributed by atoms with Crippen LogP contribution in [0.2, 0.25) is 0 Å². The Morgan fingerprint density at radius 1 is 1.10 bits per heavy atom. The van der Waals surface area contributed by atoms with Gasteiger partial charge in [-0.05, 0) is 30.7 Å². The number of hydrogen-bond donors (Lipinski definition) is 1. The second-order valence-corrected chi connectivity index (χ2v) is 6.95. The van der Waals surface area contributed by atoms with Crippen molar-refractivity contribution in [2.75, 3.05) is 39.5 Å². The molecule has 0 atom stereocenters. The highest BCUT2D eigenvalue weighted by Gasteiger charge is 2.18. The van der Waals surface area contributed by atoms with Gasteiger partial charge in [-0.3, -0.25) is 4.79 Å². The summed E-state index contributed by atoms with van der Waals surface area (Å²) in [5.74, 6) is 1.05. The lowest BCUT2D eigenvalue weighted by molar-refractivity contribution is -0.137. The molecule has 7 heteroatoms. The van der Waals surface area contributed by atoms with Crippen LogP contribution in [-0.2, 0) is 16.1 Å². The van der Waals surface area contributed by atoms with Crippen molar-refractivity contribution in [1.29, 1.82) is 0 Å². The highest BCUT2D eigenvalue weighted by atomic mass is 32.1. The fourth-order valence-electron chi connectivity index (χ4n) is 2.96. The molecule has 0 spiro atoms. The first-order chi connectivity index (χ1) is 14.2. The third-order valence-corrected chi connectivity index (χ3v) is 4.90. The Labute approximate surface area is 176 Å². The second kappa shape index (κ2) is 10.8. The van der Waals surface area contributed by atoms with Gasteiger partial charge in [-0.1, -0.05) is 42.5 Å². The van der Waals surface area contributed by atoms with Crippen molar-refractivity contribution in [3.8, 4) is 11.5 Å². The molecule has 2 aromatic carbocycles. The first-order valence-corrected chi connectivity index (χ1v) is 10.2. The number of morpholine rings is 1. The third-order valence-electron chi connectivity index (χ3n) is 4.52. The van der Waals surface area contributed by atoms with Crippen LogP contribution in [0.15, 0.2) is 48.5 Å². The molecule has 154 valence electrons. The average Bonchev–Trinajstić information content (AvgIpc) is 2.78. The maximum atomic E-state index is 12.3. The number of nitrogens with zero attached hydrogens (tertiary/aromatic N) is 1. The van der Waals surface area contributed by atoms with Crippen LogP contribution in [0, 0.1) is 0 Å². The van der Waals surface area contributed by atoms with E-state index in [0.29, 0.717) is 55.9 Å². The molecule has 0 unspecified atom stereocenters. The predicted molar refractivity (Wildman–Crippen MR) is 115 cm³/mol. The van der Waals surface area contributed by atoms with Crippen molar-refractivity contribution >= 4 is 23.1 Å². The van der Waals surface area contributed by atoms with Gasteiger partial charge in [-0.25, -0.2) is 0 Å². The van der Waals surface area contributed by atoms with E-state index in [1.54, 1.807) is 11.0 Å². The minimum absolute atomic E-state index is 0.0316. The van der Waals surface area contributed by atoms with E-state index in [1.807, 2.05) is 49.4 Å². The molecule has 0 aliphatic carbocycles. The van der Waals surface area contributed by atoms with Crippen molar-refractivity contribution < 1.29 is 19.0 Å². The van der Waals surface area contributed by atoms with E-state index in [1.165, 1.54) is 0 Å². The zero-order valence-corrected chi connectivity index (χ0v) is 17.4. The topological polar surface area (TPSA) is 60.0 Å². The van der Waals surface area contributed by atoms with E-state index in [2.05, 4.69) is 5.32 Å². The monoisotopic (exact) mass is 414 g/mol. The first kappa shape index (κ1) is 21.1. The van der Waals surface area contributed by atoms with Gasteiger partial charge in [-0.2, -0.15) is 0 Å². The van der Waals surface area contributed by atoms with Crippen molar-refractivity contribution in [3.63, 3.8) is 0 Å². The molecular formula is C22H26N2O4S. The van der Waals surface area contributed by atoms with Crippen LogP contribution in [0.5, 0.6) is 11.5 Å². The Morgan fingerprint density at radius 3 is 2.59 bits per heavy atom. The van der Waals surface area contributed by atoms with Crippen LogP contribution in [-0.4, -0.2) is 55.3 Å². The van der Waals surface area contributed by atoms with Crippen LogP contribution >= 0.6 is 12.2 Å². The van der Waals surface area contributed by atoms with Crippen LogP contribution < -0.4 is 14.8 Å². The summed E-state index contributed by atoms with van der Waals surface area (Å²) in [7, 11) is 0. The molecule has 1 N–H and O–H groups in total. The molecule has 0 bridgehead atoms. The number of carbonyl (C=O) groups excluding carboxylic acids is 1. The summed E-state index contributed by atoms with van der Waals surface area (Å²) in [5, 5.41) is 3.26. The molecule has 6 nitrogen and oxygen atoms in total. The fourth-order valence-corrected chi connectivity index (χ4v) is 3.16. The van der Waals surface area contributed by atoms with Crippen LogP contribution in [0.1, 0.15) is 18.1 Å². The van der Waals surface area contributed by atoms with Gasteiger partial charge in [0.25, 0.3) is 5.91 Å². The lowest BCUT2D eigenvalue weighted by Crippen LogP contribution is -2.43. The van der Waals surface area contributed by atoms with E-state index in [4.69, 9.17) is 26.4 Å². The van der Waals surface area contributed by atoms with E-state index in [-0.39, 0.29) is 12.5 Å². The SMILES string of the molecule is CCOc1cc(C(=S)NCc2ccccc2)ccc1OCC(=O)N1CCOCC1. The van der Waals surface area contributed by atoms with Gasteiger partial charge in [-0.15, -0.1) is 0 Å². The van der Waals surface area contributed by atoms with Crippen molar-refractivity contribution in [2.24, 2.45) is 0 Å². The van der Waals surface area contributed by atoms with Gasteiger partial charge in [0.1, 0.15) is 4.99 Å². The number of amides is 1. The molecule has 1 aliphatic rings. The highest BCUT2D eigenvalue weighted by Crippen LogP contribution is 2.29. The standard InChI is InChI=1S/C22H26N2O4S/c1-2-27-20-14-18(22(29)23-15-17-6-4-3-5-7-17)8-9-19(20)28-16-21(25)24-10-12-26-13-11-24/h3-9,14H,2,10-13,15-16H2,1H3,(H,23,29).